The lowest BCUT2D eigenvalue weighted by Crippen LogP contribution is -2.48. The number of thiazole rings is 1. The predicted octanol–water partition coefficient (Wildman–Crippen LogP) is 5.21. The molecule has 2 heterocycles. The van der Waals surface area contributed by atoms with E-state index in [9.17, 15) is 8.42 Å². The lowest BCUT2D eigenvalue weighted by Gasteiger charge is -2.33. The first-order chi connectivity index (χ1) is 14.3. The highest BCUT2D eigenvalue weighted by atomic mass is 35.5. The van der Waals surface area contributed by atoms with Crippen molar-refractivity contribution < 1.29 is 8.42 Å². The minimum Gasteiger partial charge on any atom is -0.345 e. The fraction of sp³-hybridized carbons (Fsp3) is 0.250. The van der Waals surface area contributed by atoms with Crippen LogP contribution in [0.3, 0.4) is 0 Å². The summed E-state index contributed by atoms with van der Waals surface area (Å²) in [4.78, 5) is 7.11. The summed E-state index contributed by atoms with van der Waals surface area (Å²) in [7, 11) is -3.52. The number of rotatable bonds is 5. The van der Waals surface area contributed by atoms with Gasteiger partial charge in [-0.1, -0.05) is 40.9 Å². The topological polar surface area (TPSA) is 53.5 Å². The zero-order valence-electron chi connectivity index (χ0n) is 15.8. The second kappa shape index (κ2) is 9.02. The molecule has 0 saturated carbocycles. The van der Waals surface area contributed by atoms with Gasteiger partial charge >= 0.3 is 0 Å². The number of nitrogens with zero attached hydrogens (tertiary/aromatic N) is 3. The van der Waals surface area contributed by atoms with Crippen LogP contribution in [-0.4, -0.2) is 43.9 Å². The first-order valence-corrected chi connectivity index (χ1v) is 12.7. The van der Waals surface area contributed by atoms with Crippen LogP contribution in [0.4, 0.5) is 5.13 Å². The van der Waals surface area contributed by atoms with Crippen molar-refractivity contribution >= 4 is 61.3 Å². The van der Waals surface area contributed by atoms with Crippen LogP contribution in [0.25, 0.3) is 0 Å². The highest BCUT2D eigenvalue weighted by Gasteiger charge is 2.29. The van der Waals surface area contributed by atoms with Crippen LogP contribution in [0.5, 0.6) is 0 Å². The van der Waals surface area contributed by atoms with Crippen LogP contribution in [-0.2, 0) is 16.4 Å². The van der Waals surface area contributed by atoms with Crippen LogP contribution in [0.2, 0.25) is 15.1 Å². The third-order valence-corrected chi connectivity index (χ3v) is 8.72. The van der Waals surface area contributed by atoms with Gasteiger partial charge in [-0.25, -0.2) is 13.4 Å². The molecular formula is C20H18Cl3N3O2S2. The molecule has 3 aromatic rings. The Morgan fingerprint density at radius 2 is 1.63 bits per heavy atom. The molecule has 1 saturated heterocycles. The molecule has 1 aromatic heterocycles. The number of halogens is 3. The van der Waals surface area contributed by atoms with Crippen molar-refractivity contribution in [2.24, 2.45) is 0 Å². The molecule has 4 rings (SSSR count). The zero-order chi connectivity index (χ0) is 21.3. The fourth-order valence-corrected chi connectivity index (χ4v) is 6.00. The Morgan fingerprint density at radius 1 is 0.933 bits per heavy atom. The van der Waals surface area contributed by atoms with E-state index < -0.39 is 10.0 Å². The highest BCUT2D eigenvalue weighted by molar-refractivity contribution is 7.89. The van der Waals surface area contributed by atoms with Crippen LogP contribution in [0.1, 0.15) is 11.3 Å². The van der Waals surface area contributed by atoms with Crippen molar-refractivity contribution in [2.45, 2.75) is 11.3 Å². The zero-order valence-corrected chi connectivity index (χ0v) is 19.7. The van der Waals surface area contributed by atoms with Gasteiger partial charge in [0, 0.05) is 43.0 Å². The van der Waals surface area contributed by atoms with Crippen LogP contribution in [0, 0.1) is 0 Å². The molecule has 158 valence electrons. The van der Waals surface area contributed by atoms with E-state index in [0.717, 1.165) is 16.4 Å². The van der Waals surface area contributed by atoms with Gasteiger partial charge in [0.05, 0.1) is 20.6 Å². The van der Waals surface area contributed by atoms with Gasteiger partial charge < -0.3 is 4.90 Å². The molecule has 0 aliphatic carbocycles. The molecule has 30 heavy (non-hydrogen) atoms. The van der Waals surface area contributed by atoms with E-state index in [-0.39, 0.29) is 4.90 Å². The third-order valence-electron chi connectivity index (χ3n) is 4.87. The molecule has 0 amide bonds. The average molecular weight is 503 g/mol. The number of piperazine rings is 1. The number of aromatic nitrogens is 1. The largest absolute Gasteiger partial charge is 0.345 e. The standard InChI is InChI=1S/C20H18Cl3N3O2S2/c21-15-2-4-17(5-3-15)30(27,28)26-9-7-25(8-10-26)20-24-16(13-29-20)11-14-1-6-18(22)19(23)12-14/h1-6,12-13H,7-11H2. The minimum absolute atomic E-state index is 0.263. The Labute approximate surface area is 194 Å². The van der Waals surface area contributed by atoms with E-state index in [4.69, 9.17) is 39.8 Å². The number of benzene rings is 2. The van der Waals surface area contributed by atoms with E-state index in [1.54, 1.807) is 41.7 Å². The second-order valence-corrected chi connectivity index (χ2v) is 10.9. The molecule has 1 aliphatic rings. The third kappa shape index (κ3) is 4.77. The van der Waals surface area contributed by atoms with Crippen molar-refractivity contribution in [3.05, 3.63) is 74.2 Å². The number of hydrogen-bond acceptors (Lipinski definition) is 5. The van der Waals surface area contributed by atoms with E-state index in [1.165, 1.54) is 4.31 Å². The Kier molecular flexibility index (Phi) is 6.58. The Hall–Kier alpha value is -1.35. The summed E-state index contributed by atoms with van der Waals surface area (Å²) in [6.45, 7) is 2.00. The fourth-order valence-electron chi connectivity index (χ4n) is 3.26. The smallest absolute Gasteiger partial charge is 0.243 e. The van der Waals surface area contributed by atoms with Gasteiger partial charge in [-0.15, -0.1) is 11.3 Å². The molecule has 0 bridgehead atoms. The van der Waals surface area contributed by atoms with Crippen LogP contribution in [0.15, 0.2) is 52.7 Å². The van der Waals surface area contributed by atoms with Gasteiger partial charge in [0.15, 0.2) is 5.13 Å². The quantitative estimate of drug-likeness (QED) is 0.481. The lowest BCUT2D eigenvalue weighted by molar-refractivity contribution is 0.384. The summed E-state index contributed by atoms with van der Waals surface area (Å²) in [6, 6.07) is 11.8. The molecule has 10 heteroatoms. The summed E-state index contributed by atoms with van der Waals surface area (Å²) < 4.78 is 27.2. The van der Waals surface area contributed by atoms with E-state index in [1.807, 2.05) is 17.5 Å². The van der Waals surface area contributed by atoms with Gasteiger partial charge in [0.25, 0.3) is 0 Å². The first kappa shape index (κ1) is 21.9. The maximum atomic E-state index is 12.8. The molecular weight excluding hydrogens is 485 g/mol. The summed E-state index contributed by atoms with van der Waals surface area (Å²) in [5, 5.41) is 4.50. The first-order valence-electron chi connectivity index (χ1n) is 9.22. The molecule has 5 nitrogen and oxygen atoms in total. The van der Waals surface area contributed by atoms with Gasteiger partial charge in [0.2, 0.25) is 10.0 Å². The van der Waals surface area contributed by atoms with Gasteiger partial charge in [-0.2, -0.15) is 4.31 Å². The van der Waals surface area contributed by atoms with E-state index >= 15 is 0 Å². The second-order valence-electron chi connectivity index (χ2n) is 6.89. The molecule has 0 spiro atoms. The SMILES string of the molecule is O=S(=O)(c1ccc(Cl)cc1)N1CCN(c2nc(Cc3ccc(Cl)c(Cl)c3)cs2)CC1. The maximum absolute atomic E-state index is 12.8. The summed E-state index contributed by atoms with van der Waals surface area (Å²) in [5.41, 5.74) is 1.99. The molecule has 0 radical (unpaired) electrons. The summed E-state index contributed by atoms with van der Waals surface area (Å²) in [5.74, 6) is 0. The highest BCUT2D eigenvalue weighted by Crippen LogP contribution is 2.27. The summed E-state index contributed by atoms with van der Waals surface area (Å²) >= 11 is 19.5. The van der Waals surface area contributed by atoms with Gasteiger partial charge in [0.1, 0.15) is 0 Å². The summed E-state index contributed by atoms with van der Waals surface area (Å²) in [6.07, 6.45) is 0.665. The molecule has 1 aliphatic heterocycles. The molecule has 2 aromatic carbocycles. The van der Waals surface area contributed by atoms with Gasteiger partial charge in [-0.3, -0.25) is 0 Å². The van der Waals surface area contributed by atoms with Crippen LogP contribution < -0.4 is 4.90 Å². The maximum Gasteiger partial charge on any atom is 0.243 e. The van der Waals surface area contributed by atoms with E-state index in [0.29, 0.717) is 47.7 Å². The Balaban J connectivity index is 1.40. The minimum atomic E-state index is -3.52. The molecule has 0 atom stereocenters. The Bertz CT molecular complexity index is 1140. The monoisotopic (exact) mass is 501 g/mol. The van der Waals surface area contributed by atoms with Gasteiger partial charge in [-0.05, 0) is 42.0 Å². The number of anilines is 1. The number of hydrogen-bond donors (Lipinski definition) is 0. The van der Waals surface area contributed by atoms with Crippen LogP contribution >= 0.6 is 46.1 Å². The Morgan fingerprint density at radius 3 is 2.30 bits per heavy atom. The van der Waals surface area contributed by atoms with Crippen molar-refractivity contribution in [1.82, 2.24) is 9.29 Å². The average Bonchev–Trinajstić information content (AvgIpc) is 3.20. The molecule has 1 fully saturated rings. The van der Waals surface area contributed by atoms with Crippen molar-refractivity contribution in [3.8, 4) is 0 Å². The normalized spacial score (nSPS) is 15.5. The van der Waals surface area contributed by atoms with Crippen molar-refractivity contribution in [2.75, 3.05) is 31.1 Å². The lowest BCUT2D eigenvalue weighted by atomic mass is 10.1. The van der Waals surface area contributed by atoms with Crippen molar-refractivity contribution in [3.63, 3.8) is 0 Å². The van der Waals surface area contributed by atoms with E-state index in [2.05, 4.69) is 4.90 Å². The number of sulfonamides is 1. The predicted molar refractivity (Wildman–Crippen MR) is 124 cm³/mol. The molecule has 0 unspecified atom stereocenters. The molecule has 0 N–H and O–H groups in total. The van der Waals surface area contributed by atoms with Crippen molar-refractivity contribution in [1.29, 1.82) is 0 Å².